The molecule has 27 heavy (non-hydrogen) atoms. The summed E-state index contributed by atoms with van der Waals surface area (Å²) in [7, 11) is 1.36. The highest BCUT2D eigenvalue weighted by Gasteiger charge is 2.11. The lowest BCUT2D eigenvalue weighted by Crippen LogP contribution is -2.06. The number of carbonyl (C=O) groups excluding carboxylic acids is 1. The Morgan fingerprint density at radius 1 is 0.963 bits per heavy atom. The summed E-state index contributed by atoms with van der Waals surface area (Å²) >= 11 is 0. The van der Waals surface area contributed by atoms with Crippen molar-refractivity contribution in [2.75, 3.05) is 17.7 Å². The van der Waals surface area contributed by atoms with Crippen molar-refractivity contribution < 1.29 is 9.53 Å². The van der Waals surface area contributed by atoms with E-state index in [1.165, 1.54) is 19.0 Å². The van der Waals surface area contributed by atoms with Gasteiger partial charge < -0.3 is 15.4 Å². The van der Waals surface area contributed by atoms with Gasteiger partial charge in [-0.25, -0.2) is 14.8 Å². The number of hydrogen-bond donors (Lipinski definition) is 2. The van der Waals surface area contributed by atoms with Crippen molar-refractivity contribution in [2.24, 2.45) is 0 Å². The van der Waals surface area contributed by atoms with E-state index in [0.717, 1.165) is 5.69 Å². The zero-order valence-electron chi connectivity index (χ0n) is 15.6. The number of hydrogen-bond acceptors (Lipinski definition) is 6. The van der Waals surface area contributed by atoms with Crippen LogP contribution in [0.1, 0.15) is 35.7 Å². The van der Waals surface area contributed by atoms with Gasteiger partial charge in [0.25, 0.3) is 0 Å². The van der Waals surface area contributed by atoms with Crippen LogP contribution in [0.2, 0.25) is 0 Å². The van der Waals surface area contributed by atoms with Gasteiger partial charge in [0, 0.05) is 11.8 Å². The molecule has 0 saturated heterocycles. The topological polar surface area (TPSA) is 76.1 Å². The average molecular weight is 362 g/mol. The second-order valence-electron chi connectivity index (χ2n) is 6.35. The van der Waals surface area contributed by atoms with E-state index in [0.29, 0.717) is 28.8 Å². The highest BCUT2D eigenvalue weighted by atomic mass is 16.5. The largest absolute Gasteiger partial charge is 0.465 e. The molecule has 138 valence electrons. The third-order valence-electron chi connectivity index (χ3n) is 4.11. The van der Waals surface area contributed by atoms with Gasteiger partial charge in [-0.3, -0.25) is 0 Å². The second kappa shape index (κ2) is 8.31. The van der Waals surface area contributed by atoms with Crippen molar-refractivity contribution in [1.29, 1.82) is 0 Å². The molecule has 0 amide bonds. The predicted octanol–water partition coefficient (Wildman–Crippen LogP) is 4.87. The molecular formula is C21H22N4O2. The molecule has 0 fully saturated rings. The van der Waals surface area contributed by atoms with Crippen molar-refractivity contribution in [3.05, 3.63) is 72.1 Å². The Bertz CT molecular complexity index is 923. The predicted molar refractivity (Wildman–Crippen MR) is 107 cm³/mol. The van der Waals surface area contributed by atoms with E-state index < -0.39 is 5.97 Å². The number of aromatic nitrogens is 2. The smallest absolute Gasteiger partial charge is 0.339 e. The standard InChI is InChI=1S/C21H22N4O2/c1-14(2)15-8-10-16(11-9-15)24-19-12-20(23-13-22-19)25-18-7-5-4-6-17(18)21(26)27-3/h4-14H,1-3H3,(H2,22,23,24,25). The number of para-hydroxylation sites is 1. The summed E-state index contributed by atoms with van der Waals surface area (Å²) in [5, 5.41) is 6.41. The highest BCUT2D eigenvalue weighted by molar-refractivity contribution is 5.96. The van der Waals surface area contributed by atoms with E-state index in [-0.39, 0.29) is 0 Å². The van der Waals surface area contributed by atoms with Crippen LogP contribution in [-0.2, 0) is 4.74 Å². The quantitative estimate of drug-likeness (QED) is 0.609. The van der Waals surface area contributed by atoms with E-state index in [4.69, 9.17) is 4.74 Å². The number of nitrogens with zero attached hydrogens (tertiary/aromatic N) is 2. The van der Waals surface area contributed by atoms with Gasteiger partial charge in [0.05, 0.1) is 18.4 Å². The number of esters is 1. The number of ether oxygens (including phenoxy) is 1. The Hall–Kier alpha value is -3.41. The van der Waals surface area contributed by atoms with Crippen LogP contribution in [0.25, 0.3) is 0 Å². The Balaban J connectivity index is 1.77. The van der Waals surface area contributed by atoms with Gasteiger partial charge >= 0.3 is 5.97 Å². The lowest BCUT2D eigenvalue weighted by atomic mass is 10.0. The van der Waals surface area contributed by atoms with Crippen molar-refractivity contribution >= 4 is 29.0 Å². The zero-order valence-corrected chi connectivity index (χ0v) is 15.6. The Labute approximate surface area is 158 Å². The fourth-order valence-corrected chi connectivity index (χ4v) is 2.61. The van der Waals surface area contributed by atoms with Crippen LogP contribution in [0.5, 0.6) is 0 Å². The summed E-state index contributed by atoms with van der Waals surface area (Å²) in [6.45, 7) is 4.33. The molecule has 0 aliphatic rings. The molecule has 0 bridgehead atoms. The molecule has 1 heterocycles. The maximum atomic E-state index is 11.9. The lowest BCUT2D eigenvalue weighted by molar-refractivity contribution is 0.0602. The SMILES string of the molecule is COC(=O)c1ccccc1Nc1cc(Nc2ccc(C(C)C)cc2)ncn1. The van der Waals surface area contributed by atoms with Gasteiger partial charge in [0.2, 0.25) is 0 Å². The first-order valence-electron chi connectivity index (χ1n) is 8.70. The maximum absolute atomic E-state index is 11.9. The minimum atomic E-state index is -0.407. The average Bonchev–Trinajstić information content (AvgIpc) is 2.68. The minimum Gasteiger partial charge on any atom is -0.465 e. The fourth-order valence-electron chi connectivity index (χ4n) is 2.61. The van der Waals surface area contributed by atoms with Gasteiger partial charge in [-0.2, -0.15) is 0 Å². The third-order valence-corrected chi connectivity index (χ3v) is 4.11. The van der Waals surface area contributed by atoms with E-state index in [1.807, 2.05) is 18.2 Å². The van der Waals surface area contributed by atoms with Crippen LogP contribution >= 0.6 is 0 Å². The van der Waals surface area contributed by atoms with E-state index in [9.17, 15) is 4.79 Å². The summed E-state index contributed by atoms with van der Waals surface area (Å²) in [4.78, 5) is 20.4. The third kappa shape index (κ3) is 4.61. The summed E-state index contributed by atoms with van der Waals surface area (Å²) in [5.41, 5.74) is 3.29. The fraction of sp³-hybridized carbons (Fsp3) is 0.190. The molecule has 2 N–H and O–H groups in total. The normalized spacial score (nSPS) is 10.5. The first-order chi connectivity index (χ1) is 13.1. The van der Waals surface area contributed by atoms with Gasteiger partial charge in [0.1, 0.15) is 18.0 Å². The summed E-state index contributed by atoms with van der Waals surface area (Å²) < 4.78 is 4.82. The van der Waals surface area contributed by atoms with E-state index in [1.54, 1.807) is 24.3 Å². The number of carbonyl (C=O) groups is 1. The highest BCUT2D eigenvalue weighted by Crippen LogP contribution is 2.23. The van der Waals surface area contributed by atoms with Crippen LogP contribution in [0.4, 0.5) is 23.0 Å². The first kappa shape index (κ1) is 18.4. The number of rotatable bonds is 6. The van der Waals surface area contributed by atoms with Gasteiger partial charge in [0.15, 0.2) is 0 Å². The number of anilines is 4. The van der Waals surface area contributed by atoms with Crippen molar-refractivity contribution in [3.63, 3.8) is 0 Å². The molecule has 0 atom stereocenters. The van der Waals surface area contributed by atoms with E-state index in [2.05, 4.69) is 46.6 Å². The first-order valence-corrected chi connectivity index (χ1v) is 8.70. The molecule has 0 saturated carbocycles. The molecule has 0 radical (unpaired) electrons. The molecule has 3 aromatic rings. The van der Waals surface area contributed by atoms with Gasteiger partial charge in [-0.05, 0) is 35.7 Å². The van der Waals surface area contributed by atoms with Crippen LogP contribution in [0, 0.1) is 0 Å². The number of benzene rings is 2. The molecule has 1 aromatic heterocycles. The van der Waals surface area contributed by atoms with Crippen LogP contribution < -0.4 is 10.6 Å². The molecule has 2 aromatic carbocycles. The molecular weight excluding hydrogens is 340 g/mol. The Morgan fingerprint density at radius 2 is 1.63 bits per heavy atom. The van der Waals surface area contributed by atoms with Gasteiger partial charge in [-0.15, -0.1) is 0 Å². The Morgan fingerprint density at radius 3 is 2.30 bits per heavy atom. The van der Waals surface area contributed by atoms with Crippen molar-refractivity contribution in [3.8, 4) is 0 Å². The Kier molecular flexibility index (Phi) is 5.66. The lowest BCUT2D eigenvalue weighted by Gasteiger charge is -2.12. The molecule has 3 rings (SSSR count). The monoisotopic (exact) mass is 362 g/mol. The van der Waals surface area contributed by atoms with Crippen molar-refractivity contribution in [2.45, 2.75) is 19.8 Å². The molecule has 0 aliphatic carbocycles. The van der Waals surface area contributed by atoms with Crippen LogP contribution in [-0.4, -0.2) is 23.0 Å². The molecule has 0 unspecified atom stereocenters. The maximum Gasteiger partial charge on any atom is 0.339 e. The minimum absolute atomic E-state index is 0.407. The zero-order chi connectivity index (χ0) is 19.2. The molecule has 0 aliphatic heterocycles. The van der Waals surface area contributed by atoms with Crippen LogP contribution in [0.3, 0.4) is 0 Å². The van der Waals surface area contributed by atoms with Gasteiger partial charge in [-0.1, -0.05) is 38.1 Å². The number of methoxy groups -OCH3 is 1. The molecule has 6 heteroatoms. The van der Waals surface area contributed by atoms with Crippen molar-refractivity contribution in [1.82, 2.24) is 9.97 Å². The van der Waals surface area contributed by atoms with E-state index >= 15 is 0 Å². The number of nitrogens with one attached hydrogen (secondary N) is 2. The second-order valence-corrected chi connectivity index (χ2v) is 6.35. The van der Waals surface area contributed by atoms with Crippen LogP contribution in [0.15, 0.2) is 60.9 Å². The summed E-state index contributed by atoms with van der Waals surface area (Å²) in [5.74, 6) is 1.31. The molecule has 0 spiro atoms. The summed E-state index contributed by atoms with van der Waals surface area (Å²) in [6, 6.07) is 17.1. The molecule has 6 nitrogen and oxygen atoms in total. The summed E-state index contributed by atoms with van der Waals surface area (Å²) in [6.07, 6.45) is 1.47.